The predicted molar refractivity (Wildman–Crippen MR) is 80.2 cm³/mol. The van der Waals surface area contributed by atoms with E-state index in [9.17, 15) is 5.11 Å². The Balaban J connectivity index is 0.00000289. The van der Waals surface area contributed by atoms with Crippen LogP contribution in [0.15, 0.2) is 18.2 Å². The average Bonchev–Trinajstić information content (AvgIpc) is 2.28. The van der Waals surface area contributed by atoms with Gasteiger partial charge in [0.05, 0.1) is 12.1 Å². The maximum atomic E-state index is 10.1. The van der Waals surface area contributed by atoms with Gasteiger partial charge in [0.1, 0.15) is 0 Å². The van der Waals surface area contributed by atoms with Crippen LogP contribution in [0.1, 0.15) is 49.4 Å². The summed E-state index contributed by atoms with van der Waals surface area (Å²) < 4.78 is 0. The molecule has 3 heteroatoms. The smallest absolute Gasteiger partial charge is 0.0732 e. The fourth-order valence-corrected chi connectivity index (χ4v) is 1.88. The first-order valence-electron chi connectivity index (χ1n) is 6.42. The maximum absolute atomic E-state index is 10.1. The molecule has 0 aliphatic rings. The summed E-state index contributed by atoms with van der Waals surface area (Å²) in [5, 5.41) is 10.1. The highest BCUT2D eigenvalue weighted by Crippen LogP contribution is 2.21. The van der Waals surface area contributed by atoms with E-state index in [1.807, 2.05) is 6.07 Å². The van der Waals surface area contributed by atoms with E-state index in [-0.39, 0.29) is 18.4 Å². The van der Waals surface area contributed by atoms with Gasteiger partial charge < -0.3 is 10.8 Å². The van der Waals surface area contributed by atoms with Crippen LogP contribution in [0.25, 0.3) is 0 Å². The number of halogens is 1. The first-order chi connectivity index (χ1) is 7.91. The largest absolute Gasteiger partial charge is 0.391 e. The van der Waals surface area contributed by atoms with Crippen molar-refractivity contribution in [3.63, 3.8) is 0 Å². The Labute approximate surface area is 117 Å². The highest BCUT2D eigenvalue weighted by atomic mass is 35.5. The molecule has 2 atom stereocenters. The highest BCUT2D eigenvalue weighted by molar-refractivity contribution is 5.85. The van der Waals surface area contributed by atoms with Gasteiger partial charge >= 0.3 is 0 Å². The molecule has 2 nitrogen and oxygen atoms in total. The van der Waals surface area contributed by atoms with E-state index in [1.165, 1.54) is 11.1 Å². The molecular formula is C15H26ClNO. The Morgan fingerprint density at radius 2 is 1.72 bits per heavy atom. The summed E-state index contributed by atoms with van der Waals surface area (Å²) >= 11 is 0. The van der Waals surface area contributed by atoms with Gasteiger partial charge in [-0.15, -0.1) is 12.4 Å². The highest BCUT2D eigenvalue weighted by Gasteiger charge is 2.17. The van der Waals surface area contributed by atoms with Crippen LogP contribution in [-0.4, -0.2) is 11.2 Å². The molecule has 0 aromatic heterocycles. The second-order valence-corrected chi connectivity index (χ2v) is 5.41. The van der Waals surface area contributed by atoms with Gasteiger partial charge in [0.2, 0.25) is 0 Å². The van der Waals surface area contributed by atoms with Crippen molar-refractivity contribution >= 4 is 12.4 Å². The summed E-state index contributed by atoms with van der Waals surface area (Å²) in [5.74, 6) is 0.608. The summed E-state index contributed by atoms with van der Waals surface area (Å²) in [5.41, 5.74) is 9.62. The van der Waals surface area contributed by atoms with Gasteiger partial charge in [0.25, 0.3) is 0 Å². The normalized spacial score (nSPS) is 14.2. The zero-order valence-electron chi connectivity index (χ0n) is 11.8. The minimum atomic E-state index is -0.445. The lowest BCUT2D eigenvalue weighted by Gasteiger charge is -2.20. The average molecular weight is 272 g/mol. The number of hydrogen-bond acceptors (Lipinski definition) is 2. The number of aryl methyl sites for hydroxylation is 2. The zero-order valence-corrected chi connectivity index (χ0v) is 12.6. The molecular weight excluding hydrogens is 246 g/mol. The van der Waals surface area contributed by atoms with Crippen LogP contribution >= 0.6 is 12.4 Å². The Bertz CT molecular complexity index is 366. The summed E-state index contributed by atoms with van der Waals surface area (Å²) in [6.45, 7) is 8.48. The fraction of sp³-hybridized carbons (Fsp3) is 0.600. The second-order valence-electron chi connectivity index (χ2n) is 5.41. The van der Waals surface area contributed by atoms with Crippen LogP contribution in [0, 0.1) is 19.8 Å². The van der Waals surface area contributed by atoms with Crippen molar-refractivity contribution in [1.29, 1.82) is 0 Å². The van der Waals surface area contributed by atoms with Crippen molar-refractivity contribution < 1.29 is 5.11 Å². The second kappa shape index (κ2) is 7.78. The van der Waals surface area contributed by atoms with E-state index >= 15 is 0 Å². The first kappa shape index (κ1) is 17.4. The molecule has 0 aliphatic carbocycles. The number of aliphatic hydroxyl groups excluding tert-OH is 1. The number of rotatable bonds is 5. The van der Waals surface area contributed by atoms with Crippen molar-refractivity contribution in [3.8, 4) is 0 Å². The van der Waals surface area contributed by atoms with Crippen LogP contribution in [0.5, 0.6) is 0 Å². The first-order valence-corrected chi connectivity index (χ1v) is 6.42. The molecule has 0 unspecified atom stereocenters. The van der Waals surface area contributed by atoms with E-state index in [2.05, 4.69) is 39.8 Å². The monoisotopic (exact) mass is 271 g/mol. The molecule has 0 heterocycles. The number of nitrogens with two attached hydrogens (primary N) is 1. The molecule has 0 amide bonds. The van der Waals surface area contributed by atoms with Crippen LogP contribution in [0.2, 0.25) is 0 Å². The van der Waals surface area contributed by atoms with E-state index in [0.29, 0.717) is 5.92 Å². The topological polar surface area (TPSA) is 46.2 Å². The molecule has 0 saturated carbocycles. The summed E-state index contributed by atoms with van der Waals surface area (Å²) in [6, 6.07) is 5.90. The van der Waals surface area contributed by atoms with E-state index < -0.39 is 6.10 Å². The van der Waals surface area contributed by atoms with Crippen molar-refractivity contribution in [2.75, 3.05) is 0 Å². The minimum absolute atomic E-state index is 0. The fourth-order valence-electron chi connectivity index (χ4n) is 1.88. The Morgan fingerprint density at radius 3 is 2.22 bits per heavy atom. The molecule has 1 aromatic rings. The molecule has 18 heavy (non-hydrogen) atoms. The SMILES string of the molecule is Cc1ccc([C@H](N)[C@H](O)CCC(C)C)cc1C.Cl. The molecule has 0 saturated heterocycles. The molecule has 0 fully saturated rings. The standard InChI is InChI=1S/C15H25NO.ClH/c1-10(2)5-8-14(17)15(16)13-7-6-11(3)12(4)9-13;/h6-7,9-10,14-15,17H,5,8,16H2,1-4H3;1H/t14-,15+;/m1./s1. The maximum Gasteiger partial charge on any atom is 0.0732 e. The lowest BCUT2D eigenvalue weighted by molar-refractivity contribution is 0.128. The van der Waals surface area contributed by atoms with Crippen molar-refractivity contribution in [2.24, 2.45) is 11.7 Å². The van der Waals surface area contributed by atoms with Gasteiger partial charge in [0.15, 0.2) is 0 Å². The molecule has 0 radical (unpaired) electrons. The van der Waals surface area contributed by atoms with Crippen molar-refractivity contribution in [2.45, 2.75) is 52.7 Å². The lowest BCUT2D eigenvalue weighted by Crippen LogP contribution is -2.26. The third-order valence-electron chi connectivity index (χ3n) is 3.37. The molecule has 0 aliphatic heterocycles. The van der Waals surface area contributed by atoms with E-state index in [4.69, 9.17) is 5.73 Å². The van der Waals surface area contributed by atoms with E-state index in [1.54, 1.807) is 0 Å². The van der Waals surface area contributed by atoms with Crippen molar-refractivity contribution in [3.05, 3.63) is 34.9 Å². The predicted octanol–water partition coefficient (Wildman–Crippen LogP) is 3.52. The number of benzene rings is 1. The summed E-state index contributed by atoms with van der Waals surface area (Å²) in [7, 11) is 0. The van der Waals surface area contributed by atoms with Gasteiger partial charge in [-0.1, -0.05) is 32.0 Å². The van der Waals surface area contributed by atoms with E-state index in [0.717, 1.165) is 18.4 Å². The Kier molecular flexibility index (Phi) is 7.53. The Morgan fingerprint density at radius 1 is 1.11 bits per heavy atom. The molecule has 3 N–H and O–H groups in total. The summed E-state index contributed by atoms with van der Waals surface area (Å²) in [4.78, 5) is 0. The van der Waals surface area contributed by atoms with Crippen LogP contribution in [0.3, 0.4) is 0 Å². The van der Waals surface area contributed by atoms with Gasteiger partial charge in [-0.3, -0.25) is 0 Å². The van der Waals surface area contributed by atoms with Crippen LogP contribution < -0.4 is 5.73 Å². The number of aliphatic hydroxyl groups is 1. The van der Waals surface area contributed by atoms with Gasteiger partial charge in [-0.05, 0) is 49.3 Å². The molecule has 104 valence electrons. The Hall–Kier alpha value is -0.570. The third kappa shape index (κ3) is 4.97. The van der Waals surface area contributed by atoms with Gasteiger partial charge in [0, 0.05) is 0 Å². The molecule has 1 rings (SSSR count). The quantitative estimate of drug-likeness (QED) is 0.861. The molecule has 0 bridgehead atoms. The van der Waals surface area contributed by atoms with Gasteiger partial charge in [-0.25, -0.2) is 0 Å². The lowest BCUT2D eigenvalue weighted by atomic mass is 9.94. The number of hydrogen-bond donors (Lipinski definition) is 2. The van der Waals surface area contributed by atoms with Crippen LogP contribution in [-0.2, 0) is 0 Å². The molecule has 0 spiro atoms. The summed E-state index contributed by atoms with van der Waals surface area (Å²) in [6.07, 6.45) is 1.34. The minimum Gasteiger partial charge on any atom is -0.391 e. The van der Waals surface area contributed by atoms with Gasteiger partial charge in [-0.2, -0.15) is 0 Å². The third-order valence-corrected chi connectivity index (χ3v) is 3.37. The van der Waals surface area contributed by atoms with Crippen LogP contribution in [0.4, 0.5) is 0 Å². The zero-order chi connectivity index (χ0) is 13.0. The van der Waals surface area contributed by atoms with Crippen molar-refractivity contribution in [1.82, 2.24) is 0 Å². The molecule has 1 aromatic carbocycles.